The molecule has 1 aliphatic carbocycles. The Morgan fingerprint density at radius 1 is 1.17 bits per heavy atom. The van der Waals surface area contributed by atoms with Crippen LogP contribution in [0.4, 0.5) is 5.82 Å². The maximum Gasteiger partial charge on any atom is 0.172 e. The minimum Gasteiger partial charge on any atom is -0.497 e. The first-order valence-corrected chi connectivity index (χ1v) is 8.69. The van der Waals surface area contributed by atoms with E-state index < -0.39 is 0 Å². The van der Waals surface area contributed by atoms with Crippen LogP contribution >= 0.6 is 12.2 Å². The Bertz CT molecular complexity index is 709. The summed E-state index contributed by atoms with van der Waals surface area (Å²) in [5, 5.41) is 7.42. The fraction of sp³-hybridized carbons (Fsp3) is 0.368. The van der Waals surface area contributed by atoms with Crippen LogP contribution in [0.1, 0.15) is 36.8 Å². The van der Waals surface area contributed by atoms with Gasteiger partial charge in [-0.05, 0) is 61.3 Å². The van der Waals surface area contributed by atoms with Crippen LogP contribution < -0.4 is 15.4 Å². The van der Waals surface area contributed by atoms with Gasteiger partial charge in [0.25, 0.3) is 0 Å². The topological polar surface area (TPSA) is 46.2 Å². The second-order valence-electron chi connectivity index (χ2n) is 6.27. The highest BCUT2D eigenvalue weighted by molar-refractivity contribution is 7.80. The second-order valence-corrected chi connectivity index (χ2v) is 6.67. The predicted octanol–water partition coefficient (Wildman–Crippen LogP) is 4.15. The number of methoxy groups -OCH3 is 1. The Morgan fingerprint density at radius 2 is 1.88 bits per heavy atom. The summed E-state index contributed by atoms with van der Waals surface area (Å²) in [6.07, 6.45) is 6.31. The van der Waals surface area contributed by atoms with E-state index in [1.807, 2.05) is 31.2 Å². The number of anilines is 1. The van der Waals surface area contributed by atoms with Crippen molar-refractivity contribution >= 4 is 23.1 Å². The maximum atomic E-state index is 5.57. The lowest BCUT2D eigenvalue weighted by molar-refractivity contribution is 0.401. The molecular weight excluding hydrogens is 318 g/mol. The molecule has 126 valence electrons. The molecule has 1 saturated carbocycles. The number of thiocarbonyl (C=S) groups is 1. The van der Waals surface area contributed by atoms with E-state index in [0.717, 1.165) is 30.0 Å². The summed E-state index contributed by atoms with van der Waals surface area (Å²) < 4.78 is 5.27. The molecule has 1 fully saturated rings. The first kappa shape index (κ1) is 16.7. The molecule has 0 unspecified atom stereocenters. The highest BCUT2D eigenvalue weighted by Gasteiger charge is 2.36. The third-order valence-corrected chi connectivity index (χ3v) is 4.90. The third-order valence-electron chi connectivity index (χ3n) is 4.69. The summed E-state index contributed by atoms with van der Waals surface area (Å²) in [6.45, 7) is 2.02. The number of aryl methyl sites for hydroxylation is 1. The molecule has 24 heavy (non-hydrogen) atoms. The zero-order valence-electron chi connectivity index (χ0n) is 14.1. The molecule has 4 nitrogen and oxygen atoms in total. The van der Waals surface area contributed by atoms with Crippen molar-refractivity contribution < 1.29 is 4.74 Å². The number of ether oxygens (including phenoxy) is 1. The number of nitrogens with zero attached hydrogens (tertiary/aromatic N) is 1. The van der Waals surface area contributed by atoms with Crippen LogP contribution in [-0.4, -0.2) is 17.2 Å². The van der Waals surface area contributed by atoms with Gasteiger partial charge < -0.3 is 15.4 Å². The zero-order valence-corrected chi connectivity index (χ0v) is 15.0. The Kier molecular flexibility index (Phi) is 5.00. The summed E-state index contributed by atoms with van der Waals surface area (Å²) in [7, 11) is 1.69. The van der Waals surface area contributed by atoms with Gasteiger partial charge in [-0.3, -0.25) is 0 Å². The lowest BCUT2D eigenvalue weighted by Gasteiger charge is -2.32. The average molecular weight is 341 g/mol. The summed E-state index contributed by atoms with van der Waals surface area (Å²) in [5.41, 5.74) is 2.22. The largest absolute Gasteiger partial charge is 0.497 e. The maximum absolute atomic E-state index is 5.57. The van der Waals surface area contributed by atoms with Crippen molar-refractivity contribution in [1.82, 2.24) is 10.3 Å². The van der Waals surface area contributed by atoms with Gasteiger partial charge in [-0.2, -0.15) is 0 Å². The van der Waals surface area contributed by atoms with Crippen LogP contribution in [0.3, 0.4) is 0 Å². The van der Waals surface area contributed by atoms with Gasteiger partial charge in [0.05, 0.1) is 12.6 Å². The van der Waals surface area contributed by atoms with Crippen molar-refractivity contribution in [2.45, 2.75) is 38.1 Å². The molecule has 3 rings (SSSR count). The number of benzene rings is 1. The quantitative estimate of drug-likeness (QED) is 0.818. The monoisotopic (exact) mass is 341 g/mol. The van der Waals surface area contributed by atoms with Crippen LogP contribution in [0.25, 0.3) is 0 Å². The normalized spacial score (nSPS) is 15.8. The van der Waals surface area contributed by atoms with Crippen LogP contribution in [0.15, 0.2) is 42.6 Å². The minimum atomic E-state index is -0.112. The van der Waals surface area contributed by atoms with Crippen molar-refractivity contribution in [2.75, 3.05) is 12.4 Å². The van der Waals surface area contributed by atoms with E-state index in [-0.39, 0.29) is 5.54 Å². The fourth-order valence-electron chi connectivity index (χ4n) is 3.35. The number of hydrogen-bond donors (Lipinski definition) is 2. The molecule has 1 aliphatic rings. The Balaban J connectivity index is 1.78. The van der Waals surface area contributed by atoms with Crippen molar-refractivity contribution in [3.05, 3.63) is 53.7 Å². The van der Waals surface area contributed by atoms with Crippen molar-refractivity contribution in [3.63, 3.8) is 0 Å². The van der Waals surface area contributed by atoms with Gasteiger partial charge in [0.1, 0.15) is 11.6 Å². The van der Waals surface area contributed by atoms with Crippen LogP contribution in [0.5, 0.6) is 5.75 Å². The molecular formula is C19H23N3OS. The van der Waals surface area contributed by atoms with Crippen LogP contribution in [-0.2, 0) is 5.54 Å². The first-order valence-electron chi connectivity index (χ1n) is 8.28. The lowest BCUT2D eigenvalue weighted by atomic mass is 9.88. The van der Waals surface area contributed by atoms with E-state index in [1.54, 1.807) is 13.3 Å². The van der Waals surface area contributed by atoms with Gasteiger partial charge in [0.2, 0.25) is 0 Å². The van der Waals surface area contributed by atoms with Crippen molar-refractivity contribution in [2.24, 2.45) is 0 Å². The summed E-state index contributed by atoms with van der Waals surface area (Å²) in [5.74, 6) is 1.68. The molecule has 1 aromatic heterocycles. The molecule has 0 aliphatic heterocycles. The lowest BCUT2D eigenvalue weighted by Crippen LogP contribution is -2.45. The van der Waals surface area contributed by atoms with E-state index >= 15 is 0 Å². The molecule has 0 atom stereocenters. The summed E-state index contributed by atoms with van der Waals surface area (Å²) in [4.78, 5) is 4.36. The van der Waals surface area contributed by atoms with E-state index in [4.69, 9.17) is 17.0 Å². The van der Waals surface area contributed by atoms with Crippen molar-refractivity contribution in [3.8, 4) is 5.75 Å². The van der Waals surface area contributed by atoms with Crippen LogP contribution in [0.2, 0.25) is 0 Å². The molecule has 2 N–H and O–H groups in total. The van der Waals surface area contributed by atoms with E-state index in [2.05, 4.69) is 27.8 Å². The van der Waals surface area contributed by atoms with Crippen molar-refractivity contribution in [1.29, 1.82) is 0 Å². The van der Waals surface area contributed by atoms with Crippen LogP contribution in [0, 0.1) is 6.92 Å². The summed E-state index contributed by atoms with van der Waals surface area (Å²) >= 11 is 5.57. The van der Waals surface area contributed by atoms with Gasteiger partial charge in [-0.15, -0.1) is 0 Å². The Labute approximate surface area is 148 Å². The number of nitrogens with one attached hydrogen (secondary N) is 2. The number of hydrogen-bond acceptors (Lipinski definition) is 3. The number of aromatic nitrogens is 1. The van der Waals surface area contributed by atoms with Gasteiger partial charge in [0, 0.05) is 6.20 Å². The van der Waals surface area contributed by atoms with E-state index in [9.17, 15) is 0 Å². The number of rotatable bonds is 4. The molecule has 5 heteroatoms. The molecule has 0 saturated heterocycles. The number of pyridine rings is 1. The molecule has 0 radical (unpaired) electrons. The summed E-state index contributed by atoms with van der Waals surface area (Å²) in [6, 6.07) is 12.2. The van der Waals surface area contributed by atoms with E-state index in [1.165, 1.54) is 18.4 Å². The minimum absolute atomic E-state index is 0.112. The third kappa shape index (κ3) is 3.51. The SMILES string of the molecule is COc1ccc(C2(NC(=S)Nc3ncccc3C)CCCC2)cc1. The van der Waals surface area contributed by atoms with Gasteiger partial charge >= 0.3 is 0 Å². The first-order chi connectivity index (χ1) is 11.6. The molecule has 1 aromatic carbocycles. The fourth-order valence-corrected chi connectivity index (χ4v) is 3.64. The molecule has 0 amide bonds. The smallest absolute Gasteiger partial charge is 0.172 e. The molecule has 1 heterocycles. The van der Waals surface area contributed by atoms with Gasteiger partial charge in [0.15, 0.2) is 5.11 Å². The Morgan fingerprint density at radius 3 is 2.50 bits per heavy atom. The molecule has 0 bridgehead atoms. The highest BCUT2D eigenvalue weighted by atomic mass is 32.1. The zero-order chi connectivity index (χ0) is 17.0. The van der Waals surface area contributed by atoms with E-state index in [0.29, 0.717) is 5.11 Å². The standard InChI is InChI=1S/C19H23N3OS/c1-14-6-5-13-20-17(14)21-18(24)22-19(11-3-4-12-19)15-7-9-16(23-2)10-8-15/h5-10,13H,3-4,11-12H2,1-2H3,(H2,20,21,22,24). The average Bonchev–Trinajstić information content (AvgIpc) is 3.06. The van der Waals surface area contributed by atoms with Gasteiger partial charge in [-0.25, -0.2) is 4.98 Å². The highest BCUT2D eigenvalue weighted by Crippen LogP contribution is 2.39. The second kappa shape index (κ2) is 7.18. The molecule has 2 aromatic rings. The Hall–Kier alpha value is -2.14. The van der Waals surface area contributed by atoms with Gasteiger partial charge in [-0.1, -0.05) is 31.0 Å². The predicted molar refractivity (Wildman–Crippen MR) is 101 cm³/mol. The molecule has 0 spiro atoms.